The van der Waals surface area contributed by atoms with Gasteiger partial charge in [-0.15, -0.1) is 0 Å². The summed E-state index contributed by atoms with van der Waals surface area (Å²) < 4.78 is 0. The molecule has 0 bridgehead atoms. The molecule has 0 amide bonds. The molecule has 1 aromatic heterocycles. The van der Waals surface area contributed by atoms with E-state index in [0.29, 0.717) is 5.41 Å². The molecular weight excluding hydrogens is 220 g/mol. The summed E-state index contributed by atoms with van der Waals surface area (Å²) in [6.45, 7) is 9.05. The van der Waals surface area contributed by atoms with E-state index in [0.717, 1.165) is 24.9 Å². The van der Waals surface area contributed by atoms with Crippen molar-refractivity contribution in [2.75, 3.05) is 13.1 Å². The first kappa shape index (κ1) is 13.5. The Morgan fingerprint density at radius 2 is 2.22 bits per heavy atom. The van der Waals surface area contributed by atoms with Crippen LogP contribution in [0.3, 0.4) is 0 Å². The lowest BCUT2D eigenvalue weighted by Gasteiger charge is -2.48. The molecule has 2 heteroatoms. The molecule has 0 aliphatic heterocycles. The summed E-state index contributed by atoms with van der Waals surface area (Å²) in [6, 6.07) is 4.31. The topological polar surface area (TPSA) is 24.9 Å². The minimum Gasteiger partial charge on any atom is -0.316 e. The highest BCUT2D eigenvalue weighted by atomic mass is 14.9. The second kappa shape index (κ2) is 5.83. The van der Waals surface area contributed by atoms with Crippen LogP contribution in [0.15, 0.2) is 24.5 Å². The molecule has 1 saturated carbocycles. The van der Waals surface area contributed by atoms with Crippen molar-refractivity contribution in [1.29, 1.82) is 0 Å². The minimum absolute atomic E-state index is 0.351. The van der Waals surface area contributed by atoms with Gasteiger partial charge in [-0.2, -0.15) is 0 Å². The maximum absolute atomic E-state index is 4.30. The highest BCUT2D eigenvalue weighted by Gasteiger charge is 2.44. The molecule has 1 heterocycles. The number of nitrogens with one attached hydrogen (secondary N) is 1. The van der Waals surface area contributed by atoms with Crippen LogP contribution in [0, 0.1) is 11.8 Å². The van der Waals surface area contributed by atoms with Crippen molar-refractivity contribution in [2.45, 2.75) is 45.4 Å². The van der Waals surface area contributed by atoms with Gasteiger partial charge in [-0.1, -0.05) is 33.3 Å². The average Bonchev–Trinajstić information content (AvgIpc) is 2.33. The molecule has 0 spiro atoms. The summed E-state index contributed by atoms with van der Waals surface area (Å²) in [5.74, 6) is 1.63. The van der Waals surface area contributed by atoms with Gasteiger partial charge in [0.1, 0.15) is 0 Å². The highest BCUT2D eigenvalue weighted by molar-refractivity contribution is 5.26. The fourth-order valence-electron chi connectivity index (χ4n) is 3.09. The molecule has 0 atom stereocenters. The first-order valence-corrected chi connectivity index (χ1v) is 7.27. The van der Waals surface area contributed by atoms with E-state index in [4.69, 9.17) is 0 Å². The molecule has 2 rings (SSSR count). The molecule has 1 fully saturated rings. The van der Waals surface area contributed by atoms with E-state index >= 15 is 0 Å². The summed E-state index contributed by atoms with van der Waals surface area (Å²) in [5, 5.41) is 3.64. The number of nitrogens with zero attached hydrogens (tertiary/aromatic N) is 1. The zero-order valence-corrected chi connectivity index (χ0v) is 11.9. The molecule has 1 aromatic rings. The number of hydrogen-bond acceptors (Lipinski definition) is 2. The first-order chi connectivity index (χ1) is 8.66. The van der Waals surface area contributed by atoms with Gasteiger partial charge in [0.25, 0.3) is 0 Å². The van der Waals surface area contributed by atoms with E-state index in [-0.39, 0.29) is 0 Å². The van der Waals surface area contributed by atoms with Gasteiger partial charge in [0.15, 0.2) is 0 Å². The first-order valence-electron chi connectivity index (χ1n) is 7.27. The molecule has 0 unspecified atom stereocenters. The van der Waals surface area contributed by atoms with Gasteiger partial charge in [-0.3, -0.25) is 4.98 Å². The van der Waals surface area contributed by atoms with Gasteiger partial charge < -0.3 is 5.32 Å². The van der Waals surface area contributed by atoms with Crippen LogP contribution in [0.1, 0.15) is 45.6 Å². The smallest absolute Gasteiger partial charge is 0.0306 e. The number of aromatic nitrogens is 1. The largest absolute Gasteiger partial charge is 0.316 e. The number of pyridine rings is 1. The number of hydrogen-bond donors (Lipinski definition) is 1. The maximum Gasteiger partial charge on any atom is 0.0306 e. The summed E-state index contributed by atoms with van der Waals surface area (Å²) >= 11 is 0. The SMILES string of the molecule is CCC1CC(CNCC(C)C)(c2cccnc2)C1. The number of rotatable bonds is 6. The van der Waals surface area contributed by atoms with Crippen molar-refractivity contribution < 1.29 is 0 Å². The van der Waals surface area contributed by atoms with Crippen LogP contribution >= 0.6 is 0 Å². The van der Waals surface area contributed by atoms with Crippen molar-refractivity contribution in [3.05, 3.63) is 30.1 Å². The third-order valence-electron chi connectivity index (χ3n) is 4.23. The van der Waals surface area contributed by atoms with E-state index in [1.165, 1.54) is 24.8 Å². The molecule has 0 radical (unpaired) electrons. The zero-order valence-electron chi connectivity index (χ0n) is 11.9. The molecule has 0 saturated heterocycles. The van der Waals surface area contributed by atoms with Gasteiger partial charge >= 0.3 is 0 Å². The van der Waals surface area contributed by atoms with Crippen molar-refractivity contribution in [3.8, 4) is 0 Å². The normalized spacial score (nSPS) is 27.2. The van der Waals surface area contributed by atoms with E-state index < -0.39 is 0 Å². The monoisotopic (exact) mass is 246 g/mol. The molecule has 1 aliphatic carbocycles. The molecular formula is C16H26N2. The molecule has 2 nitrogen and oxygen atoms in total. The van der Waals surface area contributed by atoms with Gasteiger partial charge in [-0.05, 0) is 42.9 Å². The Balaban J connectivity index is 2.01. The molecule has 18 heavy (non-hydrogen) atoms. The lowest BCUT2D eigenvalue weighted by molar-refractivity contribution is 0.132. The highest BCUT2D eigenvalue weighted by Crippen LogP contribution is 2.48. The van der Waals surface area contributed by atoms with E-state index in [2.05, 4.69) is 49.4 Å². The summed E-state index contributed by atoms with van der Waals surface area (Å²) in [7, 11) is 0. The van der Waals surface area contributed by atoms with Crippen LogP contribution in [0.2, 0.25) is 0 Å². The maximum atomic E-state index is 4.30. The van der Waals surface area contributed by atoms with E-state index in [1.807, 2.05) is 6.20 Å². The molecule has 1 aliphatic rings. The van der Waals surface area contributed by atoms with Crippen molar-refractivity contribution >= 4 is 0 Å². The van der Waals surface area contributed by atoms with Crippen molar-refractivity contribution in [3.63, 3.8) is 0 Å². The van der Waals surface area contributed by atoms with Crippen molar-refractivity contribution in [1.82, 2.24) is 10.3 Å². The Bertz CT molecular complexity index is 353. The van der Waals surface area contributed by atoms with Crippen molar-refractivity contribution in [2.24, 2.45) is 11.8 Å². The van der Waals surface area contributed by atoms with Gasteiger partial charge in [0, 0.05) is 24.4 Å². The van der Waals surface area contributed by atoms with Crippen LogP contribution in [-0.2, 0) is 5.41 Å². The molecule has 0 aromatic carbocycles. The Hall–Kier alpha value is -0.890. The Labute approximate surface area is 111 Å². The Kier molecular flexibility index (Phi) is 4.39. The van der Waals surface area contributed by atoms with Gasteiger partial charge in [0.2, 0.25) is 0 Å². The van der Waals surface area contributed by atoms with Gasteiger partial charge in [-0.25, -0.2) is 0 Å². The van der Waals surface area contributed by atoms with Crippen LogP contribution in [0.4, 0.5) is 0 Å². The summed E-state index contributed by atoms with van der Waals surface area (Å²) in [5.41, 5.74) is 1.77. The zero-order chi connectivity index (χ0) is 13.0. The Morgan fingerprint density at radius 3 is 2.78 bits per heavy atom. The molecule has 100 valence electrons. The predicted octanol–water partition coefficient (Wildman–Crippen LogP) is 3.39. The summed E-state index contributed by atoms with van der Waals surface area (Å²) in [6.07, 6.45) is 7.88. The van der Waals surface area contributed by atoms with E-state index in [1.54, 1.807) is 0 Å². The van der Waals surface area contributed by atoms with E-state index in [9.17, 15) is 0 Å². The fourth-order valence-corrected chi connectivity index (χ4v) is 3.09. The second-order valence-electron chi connectivity index (χ2n) is 6.23. The standard InChI is InChI=1S/C16H26N2/c1-4-14-8-16(9-14,12-18-10-13(2)3)15-6-5-7-17-11-15/h5-7,11,13-14,18H,4,8-10,12H2,1-3H3. The average molecular weight is 246 g/mol. The van der Waals surface area contributed by atoms with Crippen LogP contribution in [0.25, 0.3) is 0 Å². The third kappa shape index (κ3) is 2.92. The molecule has 1 N–H and O–H groups in total. The third-order valence-corrected chi connectivity index (χ3v) is 4.23. The van der Waals surface area contributed by atoms with Gasteiger partial charge in [0.05, 0.1) is 0 Å². The second-order valence-corrected chi connectivity index (χ2v) is 6.23. The lowest BCUT2D eigenvalue weighted by atomic mass is 9.58. The fraction of sp³-hybridized carbons (Fsp3) is 0.688. The lowest BCUT2D eigenvalue weighted by Crippen LogP contribution is -2.49. The van der Waals surface area contributed by atoms with Crippen LogP contribution < -0.4 is 5.32 Å². The van der Waals surface area contributed by atoms with Crippen LogP contribution in [0.5, 0.6) is 0 Å². The Morgan fingerprint density at radius 1 is 1.44 bits per heavy atom. The van der Waals surface area contributed by atoms with Crippen LogP contribution in [-0.4, -0.2) is 18.1 Å². The minimum atomic E-state index is 0.351. The predicted molar refractivity (Wildman–Crippen MR) is 76.6 cm³/mol. The summed E-state index contributed by atoms with van der Waals surface area (Å²) in [4.78, 5) is 4.30. The quantitative estimate of drug-likeness (QED) is 0.832.